The minimum absolute atomic E-state index is 0.00866. The zero-order valence-electron chi connectivity index (χ0n) is 19.2. The maximum absolute atomic E-state index is 14.0. The van der Waals surface area contributed by atoms with Crippen LogP contribution in [0.5, 0.6) is 0 Å². The highest BCUT2D eigenvalue weighted by molar-refractivity contribution is 5.90. The van der Waals surface area contributed by atoms with Crippen molar-refractivity contribution in [3.05, 3.63) is 70.5 Å². The number of nitrogens with zero attached hydrogens (tertiary/aromatic N) is 3. The van der Waals surface area contributed by atoms with Gasteiger partial charge in [-0.25, -0.2) is 22.8 Å². The summed E-state index contributed by atoms with van der Waals surface area (Å²) in [7, 11) is 0. The standard InChI is InChI=1S/C25H25F3N4O3/c1-25(35)13-32(14-25)24(34)30-8-6-16(7-9-30)15-2-4-18(5-3-15)29-23(33)31-11-17-10-20(26)22(28)21(27)19(17)12-31/h2-6,10,35H,7-9,11-14H2,1H3,(H,29,33). The number of carbonyl (C=O) groups is 2. The Hall–Kier alpha value is -3.53. The van der Waals surface area contributed by atoms with Crippen LogP contribution in [0.1, 0.15) is 30.0 Å². The number of aliphatic hydroxyl groups is 1. The monoisotopic (exact) mass is 486 g/mol. The van der Waals surface area contributed by atoms with E-state index in [1.165, 1.54) is 4.90 Å². The number of hydrogen-bond donors (Lipinski definition) is 2. The van der Waals surface area contributed by atoms with Gasteiger partial charge in [-0.05, 0) is 48.2 Å². The predicted octanol–water partition coefficient (Wildman–Crippen LogP) is 3.93. The van der Waals surface area contributed by atoms with Gasteiger partial charge in [0.1, 0.15) is 0 Å². The molecule has 2 aromatic carbocycles. The Morgan fingerprint density at radius 1 is 1.00 bits per heavy atom. The highest BCUT2D eigenvalue weighted by atomic mass is 19.2. The van der Waals surface area contributed by atoms with E-state index in [1.54, 1.807) is 28.9 Å². The van der Waals surface area contributed by atoms with Crippen molar-refractivity contribution in [2.45, 2.75) is 32.0 Å². The minimum atomic E-state index is -1.53. The highest BCUT2D eigenvalue weighted by Gasteiger charge is 2.41. The molecule has 3 aliphatic rings. The molecule has 0 aliphatic carbocycles. The van der Waals surface area contributed by atoms with E-state index in [0.29, 0.717) is 38.3 Å². The molecular formula is C25H25F3N4O3. The molecule has 2 aromatic rings. The topological polar surface area (TPSA) is 76.1 Å². The average Bonchev–Trinajstić information content (AvgIpc) is 3.25. The largest absolute Gasteiger partial charge is 0.386 e. The van der Waals surface area contributed by atoms with Crippen LogP contribution in [0.25, 0.3) is 5.57 Å². The smallest absolute Gasteiger partial charge is 0.322 e. The number of urea groups is 2. The Kier molecular flexibility index (Phi) is 5.71. The van der Waals surface area contributed by atoms with E-state index in [4.69, 9.17) is 0 Å². The van der Waals surface area contributed by atoms with Crippen LogP contribution in [-0.2, 0) is 13.1 Å². The summed E-state index contributed by atoms with van der Waals surface area (Å²) in [5, 5.41) is 12.6. The van der Waals surface area contributed by atoms with Gasteiger partial charge in [0.2, 0.25) is 0 Å². The molecule has 0 spiro atoms. The fourth-order valence-electron chi connectivity index (χ4n) is 4.78. The van der Waals surface area contributed by atoms with E-state index < -0.39 is 29.1 Å². The van der Waals surface area contributed by atoms with Gasteiger partial charge in [-0.15, -0.1) is 0 Å². The number of amides is 4. The Bertz CT molecular complexity index is 1220. The number of hydrogen-bond acceptors (Lipinski definition) is 3. The summed E-state index contributed by atoms with van der Waals surface area (Å²) in [4.78, 5) is 29.8. The minimum Gasteiger partial charge on any atom is -0.386 e. The maximum atomic E-state index is 14.0. The van der Waals surface area contributed by atoms with E-state index in [9.17, 15) is 27.9 Å². The van der Waals surface area contributed by atoms with Crippen molar-refractivity contribution in [1.82, 2.24) is 14.7 Å². The van der Waals surface area contributed by atoms with Crippen molar-refractivity contribution in [3.63, 3.8) is 0 Å². The summed E-state index contributed by atoms with van der Waals surface area (Å²) in [6, 6.07) is 7.59. The number of β-amino-alcohol motifs (C(OH)–C–C–N with tert-alkyl or cyclic N) is 1. The van der Waals surface area contributed by atoms with Crippen molar-refractivity contribution in [2.75, 3.05) is 31.5 Å². The Labute approximate surface area is 200 Å². The SMILES string of the molecule is CC1(O)CN(C(=O)N2CC=C(c3ccc(NC(=O)N4Cc5cc(F)c(F)c(F)c5C4)cc3)CC2)C1. The third kappa shape index (κ3) is 4.45. The lowest BCUT2D eigenvalue weighted by atomic mass is 9.97. The predicted molar refractivity (Wildman–Crippen MR) is 123 cm³/mol. The lowest BCUT2D eigenvalue weighted by molar-refractivity contribution is -0.0662. The lowest BCUT2D eigenvalue weighted by Crippen LogP contribution is -2.64. The number of rotatable bonds is 2. The van der Waals surface area contributed by atoms with Gasteiger partial charge >= 0.3 is 12.1 Å². The normalized spacial score (nSPS) is 18.7. The molecule has 184 valence electrons. The number of fused-ring (bicyclic) bond motifs is 1. The summed E-state index contributed by atoms with van der Waals surface area (Å²) in [6.45, 7) is 3.32. The van der Waals surface area contributed by atoms with Gasteiger partial charge in [0.25, 0.3) is 0 Å². The van der Waals surface area contributed by atoms with Crippen LogP contribution < -0.4 is 5.32 Å². The zero-order chi connectivity index (χ0) is 24.9. The molecule has 1 saturated heterocycles. The first-order chi connectivity index (χ1) is 16.6. The van der Waals surface area contributed by atoms with Gasteiger partial charge in [-0.2, -0.15) is 0 Å². The fraction of sp³-hybridized carbons (Fsp3) is 0.360. The number of halogens is 3. The number of nitrogens with one attached hydrogen (secondary N) is 1. The second kappa shape index (κ2) is 8.60. The van der Waals surface area contributed by atoms with Crippen LogP contribution in [0, 0.1) is 17.5 Å². The molecular weight excluding hydrogens is 461 g/mol. The molecule has 5 rings (SSSR count). The van der Waals surface area contributed by atoms with Crippen LogP contribution in [0.15, 0.2) is 36.4 Å². The molecule has 3 heterocycles. The number of carbonyl (C=O) groups excluding carboxylic acids is 2. The number of likely N-dealkylation sites (tertiary alicyclic amines) is 1. The molecule has 0 radical (unpaired) electrons. The van der Waals surface area contributed by atoms with Gasteiger partial charge in [0.05, 0.1) is 25.2 Å². The average molecular weight is 486 g/mol. The summed E-state index contributed by atoms with van der Waals surface area (Å²) in [6.07, 6.45) is 2.69. The number of benzene rings is 2. The molecule has 35 heavy (non-hydrogen) atoms. The second-order valence-electron chi connectivity index (χ2n) is 9.55. The first kappa shape index (κ1) is 23.2. The van der Waals surface area contributed by atoms with Crippen molar-refractivity contribution < 1.29 is 27.9 Å². The van der Waals surface area contributed by atoms with Gasteiger partial charge < -0.3 is 25.1 Å². The molecule has 4 amide bonds. The van der Waals surface area contributed by atoms with Crippen molar-refractivity contribution in [1.29, 1.82) is 0 Å². The molecule has 1 fully saturated rings. The van der Waals surface area contributed by atoms with Crippen LogP contribution in [0.4, 0.5) is 28.4 Å². The van der Waals surface area contributed by atoms with Crippen LogP contribution in [-0.4, -0.2) is 63.6 Å². The van der Waals surface area contributed by atoms with Crippen molar-refractivity contribution in [2.24, 2.45) is 0 Å². The van der Waals surface area contributed by atoms with Gasteiger partial charge in [0, 0.05) is 30.9 Å². The van der Waals surface area contributed by atoms with Crippen LogP contribution in [0.3, 0.4) is 0 Å². The highest BCUT2D eigenvalue weighted by Crippen LogP contribution is 2.30. The van der Waals surface area contributed by atoms with E-state index >= 15 is 0 Å². The quantitative estimate of drug-likeness (QED) is 0.632. The van der Waals surface area contributed by atoms with Crippen LogP contribution in [0.2, 0.25) is 0 Å². The van der Waals surface area contributed by atoms with Crippen molar-refractivity contribution in [3.8, 4) is 0 Å². The van der Waals surface area contributed by atoms with E-state index in [1.807, 2.05) is 18.2 Å². The Morgan fingerprint density at radius 3 is 2.34 bits per heavy atom. The third-order valence-corrected chi connectivity index (χ3v) is 6.67. The molecule has 0 aromatic heterocycles. The molecule has 7 nitrogen and oxygen atoms in total. The summed E-state index contributed by atoms with van der Waals surface area (Å²) in [5.74, 6) is -4.05. The summed E-state index contributed by atoms with van der Waals surface area (Å²) in [5.41, 5.74) is 2.05. The lowest BCUT2D eigenvalue weighted by Gasteiger charge is -2.46. The second-order valence-corrected chi connectivity index (χ2v) is 9.55. The van der Waals surface area contributed by atoms with E-state index in [2.05, 4.69) is 5.32 Å². The third-order valence-electron chi connectivity index (χ3n) is 6.67. The number of anilines is 1. The zero-order valence-corrected chi connectivity index (χ0v) is 19.2. The molecule has 0 saturated carbocycles. The Morgan fingerprint density at radius 2 is 1.71 bits per heavy atom. The molecule has 0 unspecified atom stereocenters. The molecule has 2 N–H and O–H groups in total. The molecule has 0 atom stereocenters. The van der Waals surface area contributed by atoms with Gasteiger partial charge in [-0.1, -0.05) is 18.2 Å². The van der Waals surface area contributed by atoms with Crippen LogP contribution >= 0.6 is 0 Å². The fourth-order valence-corrected chi connectivity index (χ4v) is 4.78. The molecule has 3 aliphatic heterocycles. The Balaban J connectivity index is 1.17. The van der Waals surface area contributed by atoms with E-state index in [-0.39, 0.29) is 30.2 Å². The summed E-state index contributed by atoms with van der Waals surface area (Å²) < 4.78 is 41.0. The maximum Gasteiger partial charge on any atom is 0.322 e. The molecule has 10 heteroatoms. The van der Waals surface area contributed by atoms with Crippen molar-refractivity contribution >= 4 is 23.3 Å². The van der Waals surface area contributed by atoms with E-state index in [0.717, 1.165) is 17.2 Å². The van der Waals surface area contributed by atoms with Gasteiger partial charge in [-0.3, -0.25) is 0 Å². The summed E-state index contributed by atoms with van der Waals surface area (Å²) >= 11 is 0. The van der Waals surface area contributed by atoms with Gasteiger partial charge in [0.15, 0.2) is 17.5 Å². The molecule has 0 bridgehead atoms. The first-order valence-electron chi connectivity index (χ1n) is 11.4. The first-order valence-corrected chi connectivity index (χ1v) is 11.4.